The van der Waals surface area contributed by atoms with Crippen molar-refractivity contribution in [2.75, 3.05) is 5.32 Å². The van der Waals surface area contributed by atoms with Gasteiger partial charge in [0, 0.05) is 5.56 Å². The second-order valence-electron chi connectivity index (χ2n) is 4.93. The minimum Gasteiger partial charge on any atom is -0.480 e. The van der Waals surface area contributed by atoms with Gasteiger partial charge in [-0.15, -0.1) is 0 Å². The van der Waals surface area contributed by atoms with Gasteiger partial charge in [0.2, 0.25) is 0 Å². The number of Topliss-reactive ketones (excluding diaryl/α,β-unsaturated/α-hetero) is 1. The van der Waals surface area contributed by atoms with Gasteiger partial charge in [-0.2, -0.15) is 0 Å². The van der Waals surface area contributed by atoms with E-state index >= 15 is 0 Å². The number of ketones is 1. The number of nitrogens with one attached hydrogen (secondary N) is 1. The molecule has 0 saturated heterocycles. The molecule has 2 aromatic rings. The number of carbonyl (C=O) groups is 2. The normalized spacial score (nSPS) is 11.7. The molecule has 1 N–H and O–H groups in total. The lowest BCUT2D eigenvalue weighted by molar-refractivity contribution is -0.122. The number of carbonyl (C=O) groups excluding carboxylic acids is 2. The number of amides is 1. The van der Waals surface area contributed by atoms with E-state index in [1.165, 1.54) is 25.1 Å². The molecule has 0 radical (unpaired) electrons. The van der Waals surface area contributed by atoms with Gasteiger partial charge < -0.3 is 10.1 Å². The fraction of sp³-hybridized carbons (Fsp3) is 0.176. The molecule has 0 saturated carbocycles. The lowest BCUT2D eigenvalue weighted by Crippen LogP contribution is -2.30. The summed E-state index contributed by atoms with van der Waals surface area (Å²) in [5, 5.41) is 2.67. The number of hydrogen-bond donors (Lipinski definition) is 1. The van der Waals surface area contributed by atoms with E-state index in [0.29, 0.717) is 21.5 Å². The predicted octanol–water partition coefficient (Wildman–Crippen LogP) is 4.20. The summed E-state index contributed by atoms with van der Waals surface area (Å²) in [6.45, 7) is 3.00. The summed E-state index contributed by atoms with van der Waals surface area (Å²) in [4.78, 5) is 23.8. The van der Waals surface area contributed by atoms with Crippen LogP contribution in [0.5, 0.6) is 5.75 Å². The molecule has 0 spiro atoms. The van der Waals surface area contributed by atoms with Gasteiger partial charge in [-0.25, -0.2) is 4.39 Å². The molecule has 0 fully saturated rings. The summed E-state index contributed by atoms with van der Waals surface area (Å²) >= 11 is 3.18. The molecular weight excluding hydrogens is 365 g/mol. The van der Waals surface area contributed by atoms with Crippen LogP contribution in [0.3, 0.4) is 0 Å². The Balaban J connectivity index is 2.10. The number of ether oxygens (including phenoxy) is 1. The Bertz CT molecular complexity index is 748. The molecule has 6 heteroatoms. The van der Waals surface area contributed by atoms with E-state index in [0.717, 1.165) is 0 Å². The zero-order valence-electron chi connectivity index (χ0n) is 12.6. The zero-order valence-corrected chi connectivity index (χ0v) is 14.2. The third kappa shape index (κ3) is 4.39. The van der Waals surface area contributed by atoms with Crippen LogP contribution in [0.4, 0.5) is 10.1 Å². The van der Waals surface area contributed by atoms with E-state index in [2.05, 4.69) is 21.2 Å². The van der Waals surface area contributed by atoms with Crippen molar-refractivity contribution in [3.8, 4) is 5.75 Å². The van der Waals surface area contributed by atoms with Crippen LogP contribution < -0.4 is 10.1 Å². The largest absolute Gasteiger partial charge is 0.480 e. The standard InChI is InChI=1S/C17H15BrFNO3/c1-10(21)13-5-3-4-6-15(13)20-17(22)11(2)23-16-8-7-12(19)9-14(16)18/h3-9,11H,1-2H3,(H,20,22)/t11-/m0/s1. The Morgan fingerprint density at radius 2 is 1.91 bits per heavy atom. The molecule has 2 aromatic carbocycles. The van der Waals surface area contributed by atoms with E-state index in [4.69, 9.17) is 4.74 Å². The fourth-order valence-corrected chi connectivity index (χ4v) is 2.39. The van der Waals surface area contributed by atoms with Crippen LogP contribution >= 0.6 is 15.9 Å². The average Bonchev–Trinajstić information content (AvgIpc) is 2.50. The summed E-state index contributed by atoms with van der Waals surface area (Å²) in [5.41, 5.74) is 0.856. The van der Waals surface area contributed by atoms with Crippen molar-refractivity contribution in [2.24, 2.45) is 0 Å². The van der Waals surface area contributed by atoms with Crippen molar-refractivity contribution in [1.82, 2.24) is 0 Å². The molecule has 0 heterocycles. The highest BCUT2D eigenvalue weighted by Crippen LogP contribution is 2.26. The molecule has 1 atom stereocenters. The molecule has 0 unspecified atom stereocenters. The van der Waals surface area contributed by atoms with E-state index in [1.54, 1.807) is 31.2 Å². The topological polar surface area (TPSA) is 55.4 Å². The van der Waals surface area contributed by atoms with Crippen LogP contribution in [-0.4, -0.2) is 17.8 Å². The number of rotatable bonds is 5. The lowest BCUT2D eigenvalue weighted by Gasteiger charge is -2.16. The molecule has 1 amide bonds. The Hall–Kier alpha value is -2.21. The Morgan fingerprint density at radius 1 is 1.22 bits per heavy atom. The van der Waals surface area contributed by atoms with Crippen LogP contribution in [0.2, 0.25) is 0 Å². The highest BCUT2D eigenvalue weighted by Gasteiger charge is 2.18. The highest BCUT2D eigenvalue weighted by molar-refractivity contribution is 9.10. The van der Waals surface area contributed by atoms with Gasteiger partial charge in [-0.05, 0) is 60.1 Å². The smallest absolute Gasteiger partial charge is 0.265 e. The van der Waals surface area contributed by atoms with E-state index in [-0.39, 0.29) is 5.78 Å². The van der Waals surface area contributed by atoms with E-state index < -0.39 is 17.8 Å². The summed E-state index contributed by atoms with van der Waals surface area (Å²) in [5.74, 6) is -0.601. The van der Waals surface area contributed by atoms with Gasteiger partial charge >= 0.3 is 0 Å². The maximum Gasteiger partial charge on any atom is 0.265 e. The number of benzene rings is 2. The zero-order chi connectivity index (χ0) is 17.0. The summed E-state index contributed by atoms with van der Waals surface area (Å²) in [6.07, 6.45) is -0.822. The molecule has 0 aliphatic heterocycles. The minimum atomic E-state index is -0.822. The molecule has 0 aliphatic rings. The van der Waals surface area contributed by atoms with E-state index in [1.807, 2.05) is 0 Å². The first-order valence-corrected chi connectivity index (χ1v) is 7.70. The molecule has 4 nitrogen and oxygen atoms in total. The molecule has 120 valence electrons. The van der Waals surface area contributed by atoms with Gasteiger partial charge in [0.15, 0.2) is 11.9 Å². The van der Waals surface area contributed by atoms with Crippen LogP contribution in [0, 0.1) is 5.82 Å². The van der Waals surface area contributed by atoms with Crippen molar-refractivity contribution < 1.29 is 18.7 Å². The number of halogens is 2. The molecule has 0 aromatic heterocycles. The van der Waals surface area contributed by atoms with Crippen molar-refractivity contribution in [3.63, 3.8) is 0 Å². The first-order valence-electron chi connectivity index (χ1n) is 6.91. The predicted molar refractivity (Wildman–Crippen MR) is 89.3 cm³/mol. The fourth-order valence-electron chi connectivity index (χ4n) is 1.95. The SMILES string of the molecule is CC(=O)c1ccccc1NC(=O)[C@H](C)Oc1ccc(F)cc1Br. The average molecular weight is 380 g/mol. The first-order chi connectivity index (χ1) is 10.9. The maximum absolute atomic E-state index is 13.1. The third-order valence-electron chi connectivity index (χ3n) is 3.13. The number of hydrogen-bond acceptors (Lipinski definition) is 3. The second kappa shape index (κ2) is 7.37. The van der Waals surface area contributed by atoms with Crippen LogP contribution in [0.25, 0.3) is 0 Å². The maximum atomic E-state index is 13.1. The first kappa shape index (κ1) is 17.1. The molecule has 2 rings (SSSR count). The van der Waals surface area contributed by atoms with Gasteiger partial charge in [0.1, 0.15) is 11.6 Å². The molecule has 23 heavy (non-hydrogen) atoms. The Labute approximate surface area is 141 Å². The minimum absolute atomic E-state index is 0.143. The van der Waals surface area contributed by atoms with Crippen LogP contribution in [0.15, 0.2) is 46.9 Å². The van der Waals surface area contributed by atoms with Crippen molar-refractivity contribution in [3.05, 3.63) is 58.3 Å². The van der Waals surface area contributed by atoms with Gasteiger partial charge in [-0.3, -0.25) is 9.59 Å². The van der Waals surface area contributed by atoms with Crippen molar-refractivity contribution >= 4 is 33.3 Å². The molecule has 0 aliphatic carbocycles. The Morgan fingerprint density at radius 3 is 2.57 bits per heavy atom. The van der Waals surface area contributed by atoms with Gasteiger partial charge in [0.25, 0.3) is 5.91 Å². The molecular formula is C17H15BrFNO3. The molecule has 0 bridgehead atoms. The third-order valence-corrected chi connectivity index (χ3v) is 3.75. The summed E-state index contributed by atoms with van der Waals surface area (Å²) in [7, 11) is 0. The number of anilines is 1. The van der Waals surface area contributed by atoms with Crippen molar-refractivity contribution in [2.45, 2.75) is 20.0 Å². The summed E-state index contributed by atoms with van der Waals surface area (Å²) in [6, 6.07) is 10.7. The Kier molecular flexibility index (Phi) is 5.50. The summed E-state index contributed by atoms with van der Waals surface area (Å²) < 4.78 is 19.0. The quantitative estimate of drug-likeness (QED) is 0.792. The van der Waals surface area contributed by atoms with Crippen LogP contribution in [0.1, 0.15) is 24.2 Å². The second-order valence-corrected chi connectivity index (χ2v) is 5.78. The monoisotopic (exact) mass is 379 g/mol. The van der Waals surface area contributed by atoms with Crippen molar-refractivity contribution in [1.29, 1.82) is 0 Å². The van der Waals surface area contributed by atoms with Crippen LogP contribution in [-0.2, 0) is 4.79 Å². The highest BCUT2D eigenvalue weighted by atomic mass is 79.9. The van der Waals surface area contributed by atoms with Gasteiger partial charge in [0.05, 0.1) is 10.2 Å². The lowest BCUT2D eigenvalue weighted by atomic mass is 10.1. The van der Waals surface area contributed by atoms with E-state index in [9.17, 15) is 14.0 Å². The van der Waals surface area contributed by atoms with Gasteiger partial charge in [-0.1, -0.05) is 12.1 Å². The number of para-hydroxylation sites is 1.